The molecule has 1 unspecified atom stereocenters. The zero-order valence-electron chi connectivity index (χ0n) is 8.92. The molecule has 0 fully saturated rings. The summed E-state index contributed by atoms with van der Waals surface area (Å²) < 4.78 is 28.4. The molecule has 0 aromatic heterocycles. The molecular weight excluding hydrogens is 347 g/mol. The molecule has 0 aliphatic carbocycles. The van der Waals surface area contributed by atoms with Crippen LogP contribution in [0.2, 0.25) is 0 Å². The van der Waals surface area contributed by atoms with Gasteiger partial charge in [-0.3, -0.25) is 4.55 Å². The molecule has 3 N–H and O–H groups in total. The Morgan fingerprint density at radius 3 is 1.39 bits per heavy atom. The van der Waals surface area contributed by atoms with E-state index in [1.807, 2.05) is 0 Å². The second-order valence-corrected chi connectivity index (χ2v) is 6.41. The van der Waals surface area contributed by atoms with E-state index >= 15 is 0 Å². The summed E-state index contributed by atoms with van der Waals surface area (Å²) in [5.41, 5.74) is 0. The van der Waals surface area contributed by atoms with Gasteiger partial charge in [-0.15, -0.1) is 0 Å². The van der Waals surface area contributed by atoms with Crippen LogP contribution in [0.3, 0.4) is 0 Å². The number of rotatable bonds is 6. The van der Waals surface area contributed by atoms with Crippen LogP contribution in [-0.2, 0) is 10.1 Å². The summed E-state index contributed by atoms with van der Waals surface area (Å²) in [6.45, 7) is 0. The van der Waals surface area contributed by atoms with Gasteiger partial charge in [0.25, 0.3) is 10.1 Å². The van der Waals surface area contributed by atoms with Gasteiger partial charge in [-0.05, 0) is 0 Å². The number of hydrogen-bond donors (Lipinski definition) is 7. The monoisotopic (exact) mass is 366 g/mol. The van der Waals surface area contributed by atoms with Gasteiger partial charge < -0.3 is 10.2 Å². The molecule has 0 spiro atoms. The average molecular weight is 367 g/mol. The summed E-state index contributed by atoms with van der Waals surface area (Å²) in [7, 11) is -3.86. The molecule has 0 rings (SSSR count). The van der Waals surface area contributed by atoms with E-state index in [9.17, 15) is 8.42 Å². The van der Waals surface area contributed by atoms with E-state index in [1.54, 1.807) is 0 Å². The van der Waals surface area contributed by atoms with Gasteiger partial charge in [0.1, 0.15) is 0 Å². The van der Waals surface area contributed by atoms with Gasteiger partial charge in [-0.1, -0.05) is 0 Å². The molecule has 0 aromatic rings. The van der Waals surface area contributed by atoms with Crippen molar-refractivity contribution in [3.63, 3.8) is 0 Å². The molecule has 0 heterocycles. The predicted octanol–water partition coefficient (Wildman–Crippen LogP) is -0.978. The Kier molecular flexibility index (Phi) is 19.9. The summed E-state index contributed by atoms with van der Waals surface area (Å²) in [6.07, 6.45) is -1.48. The van der Waals surface area contributed by atoms with E-state index in [1.165, 1.54) is 0 Å². The van der Waals surface area contributed by atoms with Crippen LogP contribution in [0.1, 0.15) is 0 Å². The van der Waals surface area contributed by atoms with E-state index in [4.69, 9.17) is 14.8 Å². The SMILES string of the molecule is O=S(=O)(O)CC(S)CS.O[C@H](CS)[C@H](O)CS.[NaH]. The van der Waals surface area contributed by atoms with E-state index in [2.05, 4.69) is 50.5 Å². The van der Waals surface area contributed by atoms with E-state index in [-0.39, 0.29) is 52.1 Å². The number of aliphatic hydroxyl groups excluding tert-OH is 2. The second kappa shape index (κ2) is 14.2. The molecule has 0 aliphatic rings. The third-order valence-corrected chi connectivity index (χ3v) is 4.34. The summed E-state index contributed by atoms with van der Waals surface area (Å²) in [4.78, 5) is 0. The van der Waals surface area contributed by atoms with Crippen molar-refractivity contribution < 1.29 is 23.2 Å². The minimum atomic E-state index is -3.86. The number of aliphatic hydroxyl groups is 2. The van der Waals surface area contributed by atoms with Crippen LogP contribution < -0.4 is 0 Å². The van der Waals surface area contributed by atoms with Crippen LogP contribution in [0.25, 0.3) is 0 Å². The van der Waals surface area contributed by atoms with Crippen molar-refractivity contribution in [1.82, 2.24) is 0 Å². The Morgan fingerprint density at radius 1 is 0.944 bits per heavy atom. The topological polar surface area (TPSA) is 94.8 Å². The summed E-state index contributed by atoms with van der Waals surface area (Å²) >= 11 is 15.1. The normalized spacial score (nSPS) is 15.7. The van der Waals surface area contributed by atoms with Crippen molar-refractivity contribution >= 4 is 90.2 Å². The fourth-order valence-electron chi connectivity index (χ4n) is 0.539. The van der Waals surface area contributed by atoms with Crippen LogP contribution in [0, 0.1) is 0 Å². The fraction of sp³-hybridized carbons (Fsp3) is 1.00. The first-order chi connectivity index (χ1) is 7.67. The third kappa shape index (κ3) is 18.2. The van der Waals surface area contributed by atoms with Crippen molar-refractivity contribution in [3.8, 4) is 0 Å². The van der Waals surface area contributed by atoms with Gasteiger partial charge in [-0.25, -0.2) is 0 Å². The predicted molar refractivity (Wildman–Crippen MR) is 89.9 cm³/mol. The zero-order valence-corrected chi connectivity index (χ0v) is 13.3. The van der Waals surface area contributed by atoms with Crippen LogP contribution in [0.15, 0.2) is 0 Å². The molecule has 0 bridgehead atoms. The van der Waals surface area contributed by atoms with Crippen LogP contribution >= 0.6 is 50.5 Å². The van der Waals surface area contributed by atoms with Crippen LogP contribution in [-0.4, -0.2) is 93.2 Å². The number of thiol groups is 4. The molecule has 108 valence electrons. The summed E-state index contributed by atoms with van der Waals surface area (Å²) in [5.74, 6) is 0.561. The van der Waals surface area contributed by atoms with Gasteiger partial charge in [0.2, 0.25) is 0 Å². The molecular formula is C7H19NaO5S5. The van der Waals surface area contributed by atoms with Gasteiger partial charge >= 0.3 is 29.6 Å². The Labute approximate surface area is 152 Å². The Bertz CT molecular complexity index is 267. The molecule has 0 saturated heterocycles. The maximum atomic E-state index is 10.1. The third-order valence-electron chi connectivity index (χ3n) is 1.43. The molecule has 0 aliphatic heterocycles. The van der Waals surface area contributed by atoms with Gasteiger partial charge in [-0.2, -0.15) is 58.9 Å². The molecule has 18 heavy (non-hydrogen) atoms. The molecule has 11 heteroatoms. The van der Waals surface area contributed by atoms with E-state index < -0.39 is 22.3 Å². The molecule has 0 saturated carbocycles. The van der Waals surface area contributed by atoms with Crippen LogP contribution in [0.4, 0.5) is 0 Å². The van der Waals surface area contributed by atoms with Gasteiger partial charge in [0, 0.05) is 22.5 Å². The second-order valence-electron chi connectivity index (χ2n) is 3.08. The standard InChI is InChI=1S/C4H10O2S2.C3H8O3S3.Na.H/c5-3(1-7)4(6)2-8;4-9(5,6)2-3(8)1-7;;/h3-8H,1-2H2;3,7-8H,1-2H2,(H,4,5,6);;/t3-,4-;;;/m1.../s1. The fourth-order valence-corrected chi connectivity index (χ4v) is 2.50. The molecule has 3 atom stereocenters. The van der Waals surface area contributed by atoms with Gasteiger partial charge in [0.15, 0.2) is 0 Å². The Hall–Kier alpha value is 2.23. The molecule has 5 nitrogen and oxygen atoms in total. The first kappa shape index (κ1) is 25.2. The van der Waals surface area contributed by atoms with E-state index in [0.717, 1.165) is 0 Å². The van der Waals surface area contributed by atoms with Crippen molar-refractivity contribution in [2.45, 2.75) is 17.5 Å². The first-order valence-electron chi connectivity index (χ1n) is 4.49. The Balaban J connectivity index is -0.000000238. The molecule has 0 aromatic carbocycles. The summed E-state index contributed by atoms with van der Waals surface area (Å²) in [6, 6.07) is 0. The molecule has 0 amide bonds. The first-order valence-corrected chi connectivity index (χ1v) is 8.52. The van der Waals surface area contributed by atoms with Crippen LogP contribution in [0.5, 0.6) is 0 Å². The zero-order chi connectivity index (χ0) is 14.1. The van der Waals surface area contributed by atoms with Crippen molar-refractivity contribution in [2.24, 2.45) is 0 Å². The molecule has 0 radical (unpaired) electrons. The average Bonchev–Trinajstić information content (AvgIpc) is 2.25. The minimum absolute atomic E-state index is 0. The van der Waals surface area contributed by atoms with Crippen molar-refractivity contribution in [1.29, 1.82) is 0 Å². The van der Waals surface area contributed by atoms with E-state index in [0.29, 0.717) is 5.75 Å². The summed E-state index contributed by atoms with van der Waals surface area (Å²) in [5, 5.41) is 17.1. The van der Waals surface area contributed by atoms with Crippen molar-refractivity contribution in [2.75, 3.05) is 23.0 Å². The number of hydrogen-bond acceptors (Lipinski definition) is 8. The van der Waals surface area contributed by atoms with Gasteiger partial charge in [0.05, 0.1) is 18.0 Å². The maximum absolute atomic E-state index is 10.1. The quantitative estimate of drug-likeness (QED) is 0.186. The Morgan fingerprint density at radius 2 is 1.28 bits per heavy atom. The van der Waals surface area contributed by atoms with Crippen molar-refractivity contribution in [3.05, 3.63) is 0 Å².